The molecule has 0 aliphatic carbocycles. The van der Waals surface area contributed by atoms with Gasteiger partial charge in [0.05, 0.1) is 0 Å². The molecule has 0 spiro atoms. The zero-order chi connectivity index (χ0) is 15.4. The number of benzene rings is 2. The normalized spacial score (nSPS) is 10.2. The smallest absolute Gasteiger partial charge is 0.316 e. The molecule has 21 heavy (non-hydrogen) atoms. The highest BCUT2D eigenvalue weighted by atomic mass is 16.2. The van der Waals surface area contributed by atoms with E-state index in [1.54, 1.807) is 0 Å². The predicted octanol–water partition coefficient (Wildman–Crippen LogP) is 3.71. The van der Waals surface area contributed by atoms with Crippen LogP contribution in [0, 0.1) is 20.8 Å². The highest BCUT2D eigenvalue weighted by Gasteiger charge is 2.04. The van der Waals surface area contributed by atoms with Gasteiger partial charge in [0.1, 0.15) is 0 Å². The zero-order valence-electron chi connectivity index (χ0n) is 12.7. The lowest BCUT2D eigenvalue weighted by Crippen LogP contribution is -2.19. The van der Waals surface area contributed by atoms with E-state index in [1.807, 2.05) is 24.3 Å². The van der Waals surface area contributed by atoms with Gasteiger partial charge in [-0.15, -0.1) is 0 Å². The molecule has 2 aromatic carbocycles. The van der Waals surface area contributed by atoms with Crippen LogP contribution < -0.4 is 16.4 Å². The Bertz CT molecular complexity index is 625. The van der Waals surface area contributed by atoms with Crippen LogP contribution in [0.1, 0.15) is 22.3 Å². The van der Waals surface area contributed by atoms with Gasteiger partial charge in [-0.2, -0.15) is 0 Å². The quantitative estimate of drug-likeness (QED) is 0.800. The number of amides is 2. The van der Waals surface area contributed by atoms with Crippen LogP contribution in [0.2, 0.25) is 0 Å². The third kappa shape index (κ3) is 3.99. The summed E-state index contributed by atoms with van der Waals surface area (Å²) >= 11 is 0. The van der Waals surface area contributed by atoms with Crippen molar-refractivity contribution in [2.45, 2.75) is 27.3 Å². The van der Waals surface area contributed by atoms with Gasteiger partial charge in [0.2, 0.25) is 0 Å². The first-order valence-corrected chi connectivity index (χ1v) is 6.93. The van der Waals surface area contributed by atoms with Crippen molar-refractivity contribution in [1.29, 1.82) is 0 Å². The summed E-state index contributed by atoms with van der Waals surface area (Å²) in [5.41, 5.74) is 12.0. The molecule has 2 amide bonds. The van der Waals surface area contributed by atoms with Gasteiger partial charge in [-0.3, -0.25) is 0 Å². The lowest BCUT2D eigenvalue weighted by atomic mass is 10.00. The van der Waals surface area contributed by atoms with Gasteiger partial charge in [-0.25, -0.2) is 4.79 Å². The van der Waals surface area contributed by atoms with E-state index in [2.05, 4.69) is 43.5 Å². The Kier molecular flexibility index (Phi) is 4.48. The average molecular weight is 283 g/mol. The Morgan fingerprint density at radius 2 is 1.52 bits per heavy atom. The van der Waals surface area contributed by atoms with E-state index in [9.17, 15) is 4.79 Å². The number of carbonyl (C=O) groups excluding carboxylic acids is 1. The summed E-state index contributed by atoms with van der Waals surface area (Å²) in [6, 6.07) is 11.3. The van der Waals surface area contributed by atoms with Gasteiger partial charge in [0.25, 0.3) is 0 Å². The third-order valence-corrected chi connectivity index (χ3v) is 3.46. The maximum absolute atomic E-state index is 10.8. The van der Waals surface area contributed by atoms with Crippen LogP contribution in [0.3, 0.4) is 0 Å². The molecule has 110 valence electrons. The molecule has 0 heterocycles. The maximum Gasteiger partial charge on any atom is 0.316 e. The lowest BCUT2D eigenvalue weighted by molar-refractivity contribution is 0.259. The fourth-order valence-corrected chi connectivity index (χ4v) is 2.49. The van der Waals surface area contributed by atoms with E-state index in [0.29, 0.717) is 5.69 Å². The van der Waals surface area contributed by atoms with Crippen molar-refractivity contribution in [3.8, 4) is 0 Å². The van der Waals surface area contributed by atoms with Crippen molar-refractivity contribution >= 4 is 17.4 Å². The fourth-order valence-electron chi connectivity index (χ4n) is 2.49. The maximum atomic E-state index is 10.8. The molecule has 0 radical (unpaired) electrons. The van der Waals surface area contributed by atoms with E-state index >= 15 is 0 Å². The van der Waals surface area contributed by atoms with Crippen molar-refractivity contribution < 1.29 is 4.79 Å². The van der Waals surface area contributed by atoms with Crippen LogP contribution in [-0.4, -0.2) is 6.03 Å². The van der Waals surface area contributed by atoms with Crippen molar-refractivity contribution in [3.63, 3.8) is 0 Å². The molecule has 0 saturated carbocycles. The summed E-state index contributed by atoms with van der Waals surface area (Å²) in [5, 5.41) is 5.94. The first-order valence-electron chi connectivity index (χ1n) is 6.93. The highest BCUT2D eigenvalue weighted by molar-refractivity contribution is 5.87. The van der Waals surface area contributed by atoms with Crippen molar-refractivity contribution in [2.75, 3.05) is 10.6 Å². The van der Waals surface area contributed by atoms with E-state index in [1.165, 1.54) is 22.3 Å². The van der Waals surface area contributed by atoms with Crippen LogP contribution in [-0.2, 0) is 6.54 Å². The molecule has 0 unspecified atom stereocenters. The summed E-state index contributed by atoms with van der Waals surface area (Å²) < 4.78 is 0. The molecule has 0 aliphatic rings. The summed E-state index contributed by atoms with van der Waals surface area (Å²) in [4.78, 5) is 10.8. The largest absolute Gasteiger partial charge is 0.381 e. The standard InChI is InChI=1S/C17H21N3O/c1-11-8-12(2)16(13(3)9-11)10-19-14-4-6-15(7-5-14)20-17(18)21/h4-9,19H,10H2,1-3H3,(H3,18,20,21). The lowest BCUT2D eigenvalue weighted by Gasteiger charge is -2.13. The van der Waals surface area contributed by atoms with Crippen LogP contribution in [0.25, 0.3) is 0 Å². The minimum Gasteiger partial charge on any atom is -0.381 e. The average Bonchev–Trinajstić information content (AvgIpc) is 2.38. The summed E-state index contributed by atoms with van der Waals surface area (Å²) in [7, 11) is 0. The molecule has 0 saturated heterocycles. The Morgan fingerprint density at radius 1 is 1.00 bits per heavy atom. The predicted molar refractivity (Wildman–Crippen MR) is 87.6 cm³/mol. The molecule has 2 aromatic rings. The second-order valence-corrected chi connectivity index (χ2v) is 5.30. The van der Waals surface area contributed by atoms with E-state index < -0.39 is 6.03 Å². The second kappa shape index (κ2) is 6.31. The zero-order valence-corrected chi connectivity index (χ0v) is 12.7. The molecular formula is C17H21N3O. The first-order chi connectivity index (χ1) is 9.95. The number of urea groups is 1. The van der Waals surface area contributed by atoms with Crippen molar-refractivity contribution in [3.05, 3.63) is 58.7 Å². The Hall–Kier alpha value is -2.49. The van der Waals surface area contributed by atoms with Crippen LogP contribution in [0.4, 0.5) is 16.2 Å². The van der Waals surface area contributed by atoms with Crippen LogP contribution >= 0.6 is 0 Å². The minimum atomic E-state index is -0.554. The molecule has 0 aliphatic heterocycles. The topological polar surface area (TPSA) is 67.2 Å². The van der Waals surface area contributed by atoms with Gasteiger partial charge in [0.15, 0.2) is 0 Å². The summed E-state index contributed by atoms with van der Waals surface area (Å²) in [5.74, 6) is 0. The number of hydrogen-bond donors (Lipinski definition) is 3. The second-order valence-electron chi connectivity index (χ2n) is 5.30. The first kappa shape index (κ1) is 14.9. The molecule has 2 rings (SSSR count). The molecular weight excluding hydrogens is 262 g/mol. The van der Waals surface area contributed by atoms with Crippen LogP contribution in [0.5, 0.6) is 0 Å². The van der Waals surface area contributed by atoms with Crippen molar-refractivity contribution in [1.82, 2.24) is 0 Å². The third-order valence-electron chi connectivity index (χ3n) is 3.46. The summed E-state index contributed by atoms with van der Waals surface area (Å²) in [6.07, 6.45) is 0. The minimum absolute atomic E-state index is 0.554. The number of anilines is 2. The number of rotatable bonds is 4. The molecule has 0 bridgehead atoms. The van der Waals surface area contributed by atoms with Crippen molar-refractivity contribution in [2.24, 2.45) is 5.73 Å². The molecule has 4 N–H and O–H groups in total. The fraction of sp³-hybridized carbons (Fsp3) is 0.235. The highest BCUT2D eigenvalue weighted by Crippen LogP contribution is 2.19. The number of hydrogen-bond acceptors (Lipinski definition) is 2. The number of nitrogens with one attached hydrogen (secondary N) is 2. The van der Waals surface area contributed by atoms with Crippen LogP contribution in [0.15, 0.2) is 36.4 Å². The monoisotopic (exact) mass is 283 g/mol. The Morgan fingerprint density at radius 3 is 2.05 bits per heavy atom. The number of nitrogens with two attached hydrogens (primary N) is 1. The molecule has 0 atom stereocenters. The Balaban J connectivity index is 2.05. The van der Waals surface area contributed by atoms with Gasteiger partial charge in [-0.05, 0) is 61.7 Å². The summed E-state index contributed by atoms with van der Waals surface area (Å²) in [6.45, 7) is 7.16. The van der Waals surface area contributed by atoms with Gasteiger partial charge in [0, 0.05) is 17.9 Å². The van der Waals surface area contributed by atoms with Gasteiger partial charge in [-0.1, -0.05) is 17.7 Å². The molecule has 4 nitrogen and oxygen atoms in total. The van der Waals surface area contributed by atoms with E-state index in [0.717, 1.165) is 12.2 Å². The number of primary amides is 1. The SMILES string of the molecule is Cc1cc(C)c(CNc2ccc(NC(N)=O)cc2)c(C)c1. The molecule has 4 heteroatoms. The molecule has 0 aromatic heterocycles. The number of aryl methyl sites for hydroxylation is 3. The van der Waals surface area contributed by atoms with E-state index in [4.69, 9.17) is 5.73 Å². The van der Waals surface area contributed by atoms with E-state index in [-0.39, 0.29) is 0 Å². The number of carbonyl (C=O) groups is 1. The Labute approximate surface area is 125 Å². The molecule has 0 fully saturated rings. The van der Waals surface area contributed by atoms with Gasteiger partial charge < -0.3 is 16.4 Å². The van der Waals surface area contributed by atoms with Gasteiger partial charge >= 0.3 is 6.03 Å².